The number of amides is 2. The van der Waals surface area contributed by atoms with Gasteiger partial charge in [0.05, 0.1) is 19.8 Å². The third kappa shape index (κ3) is 3.79. The highest BCUT2D eigenvalue weighted by atomic mass is 16.5. The number of nitrogens with zero attached hydrogens (tertiary/aromatic N) is 2. The zero-order valence-electron chi connectivity index (χ0n) is 15.7. The number of piperidine rings is 2. The van der Waals surface area contributed by atoms with Gasteiger partial charge in [0.1, 0.15) is 0 Å². The normalized spacial score (nSPS) is 18.5. The van der Waals surface area contributed by atoms with Gasteiger partial charge in [0, 0.05) is 32.1 Å². The minimum absolute atomic E-state index is 0.0457. The van der Waals surface area contributed by atoms with E-state index in [4.69, 9.17) is 9.47 Å². The van der Waals surface area contributed by atoms with Crippen molar-refractivity contribution in [2.45, 2.75) is 32.1 Å². The van der Waals surface area contributed by atoms with Crippen molar-refractivity contribution in [2.24, 2.45) is 5.92 Å². The molecule has 2 amide bonds. The molecule has 0 radical (unpaired) electrons. The summed E-state index contributed by atoms with van der Waals surface area (Å²) in [7, 11) is 3.10. The maximum Gasteiger partial charge on any atom is 0.257 e. The average molecular weight is 360 g/mol. The first-order chi connectivity index (χ1) is 12.7. The summed E-state index contributed by atoms with van der Waals surface area (Å²) >= 11 is 0. The SMILES string of the molecule is COc1cccc(C(=O)N2CCC(C(=O)N3CCCCC3)CC2)c1OC. The second-order valence-corrected chi connectivity index (χ2v) is 6.99. The number of rotatable bonds is 4. The molecule has 2 aliphatic rings. The summed E-state index contributed by atoms with van der Waals surface area (Å²) in [5.74, 6) is 1.27. The fourth-order valence-corrected chi connectivity index (χ4v) is 3.93. The van der Waals surface area contributed by atoms with Gasteiger partial charge in [0.15, 0.2) is 11.5 Å². The van der Waals surface area contributed by atoms with E-state index in [9.17, 15) is 9.59 Å². The molecule has 0 aromatic heterocycles. The van der Waals surface area contributed by atoms with Gasteiger partial charge in [-0.25, -0.2) is 0 Å². The lowest BCUT2D eigenvalue weighted by molar-refractivity contribution is -0.137. The minimum Gasteiger partial charge on any atom is -0.493 e. The van der Waals surface area contributed by atoms with Gasteiger partial charge in [-0.15, -0.1) is 0 Å². The maximum absolute atomic E-state index is 12.9. The van der Waals surface area contributed by atoms with Gasteiger partial charge in [-0.05, 0) is 44.2 Å². The Bertz CT molecular complexity index is 647. The van der Waals surface area contributed by atoms with Crippen molar-refractivity contribution in [3.05, 3.63) is 23.8 Å². The third-order valence-electron chi connectivity index (χ3n) is 5.43. The predicted molar refractivity (Wildman–Crippen MR) is 98.6 cm³/mol. The van der Waals surface area contributed by atoms with E-state index in [1.807, 2.05) is 9.80 Å². The van der Waals surface area contributed by atoms with E-state index in [0.29, 0.717) is 30.2 Å². The molecule has 2 aliphatic heterocycles. The van der Waals surface area contributed by atoms with Crippen molar-refractivity contribution in [2.75, 3.05) is 40.4 Å². The van der Waals surface area contributed by atoms with Gasteiger partial charge in [-0.3, -0.25) is 9.59 Å². The van der Waals surface area contributed by atoms with Crippen LogP contribution in [0.3, 0.4) is 0 Å². The molecule has 2 saturated heterocycles. The number of hydrogen-bond donors (Lipinski definition) is 0. The summed E-state index contributed by atoms with van der Waals surface area (Å²) in [6.07, 6.45) is 4.90. The molecular weight excluding hydrogens is 332 g/mol. The van der Waals surface area contributed by atoms with Gasteiger partial charge in [0.2, 0.25) is 5.91 Å². The van der Waals surface area contributed by atoms with E-state index in [-0.39, 0.29) is 17.7 Å². The first-order valence-corrected chi connectivity index (χ1v) is 9.44. The highest BCUT2D eigenvalue weighted by Crippen LogP contribution is 2.32. The van der Waals surface area contributed by atoms with E-state index in [2.05, 4.69) is 0 Å². The monoisotopic (exact) mass is 360 g/mol. The van der Waals surface area contributed by atoms with Crippen LogP contribution in [0.1, 0.15) is 42.5 Å². The second-order valence-electron chi connectivity index (χ2n) is 6.99. The zero-order valence-corrected chi connectivity index (χ0v) is 15.7. The summed E-state index contributed by atoms with van der Waals surface area (Å²) in [6, 6.07) is 5.33. The summed E-state index contributed by atoms with van der Waals surface area (Å²) in [4.78, 5) is 29.4. The number of benzene rings is 1. The Morgan fingerprint density at radius 3 is 2.23 bits per heavy atom. The van der Waals surface area contributed by atoms with Gasteiger partial charge in [-0.2, -0.15) is 0 Å². The Morgan fingerprint density at radius 2 is 1.62 bits per heavy atom. The number of carbonyl (C=O) groups excluding carboxylic acids is 2. The largest absolute Gasteiger partial charge is 0.493 e. The predicted octanol–water partition coefficient (Wildman–Crippen LogP) is 2.57. The van der Waals surface area contributed by atoms with Crippen LogP contribution in [0, 0.1) is 5.92 Å². The standard InChI is InChI=1S/C20H28N2O4/c1-25-17-8-6-7-16(18(17)26-2)20(24)22-13-9-15(10-14-22)19(23)21-11-4-3-5-12-21/h6-8,15H,3-5,9-14H2,1-2H3. The van der Waals surface area contributed by atoms with Crippen molar-refractivity contribution in [3.63, 3.8) is 0 Å². The Labute approximate surface area is 155 Å². The molecule has 2 fully saturated rings. The Hall–Kier alpha value is -2.24. The summed E-state index contributed by atoms with van der Waals surface area (Å²) in [6.45, 7) is 2.98. The number of para-hydroxylation sites is 1. The number of likely N-dealkylation sites (tertiary alicyclic amines) is 2. The van der Waals surface area contributed by atoms with Crippen LogP contribution in [-0.2, 0) is 4.79 Å². The Morgan fingerprint density at radius 1 is 0.923 bits per heavy atom. The van der Waals surface area contributed by atoms with Gasteiger partial charge >= 0.3 is 0 Å². The van der Waals surface area contributed by atoms with Crippen molar-refractivity contribution >= 4 is 11.8 Å². The molecule has 0 unspecified atom stereocenters. The van der Waals surface area contributed by atoms with Gasteiger partial charge < -0.3 is 19.3 Å². The first kappa shape index (κ1) is 18.5. The lowest BCUT2D eigenvalue weighted by Crippen LogP contribution is -2.45. The van der Waals surface area contributed by atoms with Crippen molar-refractivity contribution in [1.29, 1.82) is 0 Å². The van der Waals surface area contributed by atoms with Crippen LogP contribution >= 0.6 is 0 Å². The smallest absolute Gasteiger partial charge is 0.257 e. The van der Waals surface area contributed by atoms with E-state index in [0.717, 1.165) is 38.8 Å². The van der Waals surface area contributed by atoms with Crippen molar-refractivity contribution in [3.8, 4) is 11.5 Å². The van der Waals surface area contributed by atoms with Gasteiger partial charge in [0.25, 0.3) is 5.91 Å². The fraction of sp³-hybridized carbons (Fsp3) is 0.600. The Kier molecular flexibility index (Phi) is 6.01. The molecule has 0 saturated carbocycles. The number of carbonyl (C=O) groups is 2. The van der Waals surface area contributed by atoms with Crippen molar-refractivity contribution < 1.29 is 19.1 Å². The molecule has 1 aromatic carbocycles. The van der Waals surface area contributed by atoms with Gasteiger partial charge in [-0.1, -0.05) is 6.07 Å². The van der Waals surface area contributed by atoms with E-state index < -0.39 is 0 Å². The molecule has 0 bridgehead atoms. The Balaban J connectivity index is 1.63. The molecule has 26 heavy (non-hydrogen) atoms. The lowest BCUT2D eigenvalue weighted by atomic mass is 9.94. The molecular formula is C20H28N2O4. The molecule has 0 aliphatic carbocycles. The van der Waals surface area contributed by atoms with Crippen LogP contribution in [0.15, 0.2) is 18.2 Å². The zero-order chi connectivity index (χ0) is 18.5. The quantitative estimate of drug-likeness (QED) is 0.828. The molecule has 6 heteroatoms. The highest BCUT2D eigenvalue weighted by molar-refractivity contribution is 5.98. The summed E-state index contributed by atoms with van der Waals surface area (Å²) in [5, 5.41) is 0. The number of methoxy groups -OCH3 is 2. The van der Waals surface area contributed by atoms with Crippen LogP contribution in [-0.4, -0.2) is 62.0 Å². The molecule has 6 nitrogen and oxygen atoms in total. The fourth-order valence-electron chi connectivity index (χ4n) is 3.93. The highest BCUT2D eigenvalue weighted by Gasteiger charge is 2.32. The molecule has 142 valence electrons. The summed E-state index contributed by atoms with van der Waals surface area (Å²) < 4.78 is 10.7. The maximum atomic E-state index is 12.9. The molecule has 2 heterocycles. The van der Waals surface area contributed by atoms with E-state index in [1.165, 1.54) is 13.5 Å². The lowest BCUT2D eigenvalue weighted by Gasteiger charge is -2.35. The van der Waals surface area contributed by atoms with Crippen LogP contribution in [0.25, 0.3) is 0 Å². The van der Waals surface area contributed by atoms with Crippen LogP contribution in [0.5, 0.6) is 11.5 Å². The van der Waals surface area contributed by atoms with Crippen LogP contribution < -0.4 is 9.47 Å². The number of ether oxygens (including phenoxy) is 2. The molecule has 0 N–H and O–H groups in total. The molecule has 0 spiro atoms. The van der Waals surface area contributed by atoms with Crippen LogP contribution in [0.2, 0.25) is 0 Å². The number of hydrogen-bond acceptors (Lipinski definition) is 4. The summed E-state index contributed by atoms with van der Waals surface area (Å²) in [5.41, 5.74) is 0.507. The molecule has 3 rings (SSSR count). The second kappa shape index (κ2) is 8.43. The van der Waals surface area contributed by atoms with Crippen LogP contribution in [0.4, 0.5) is 0 Å². The van der Waals surface area contributed by atoms with E-state index in [1.54, 1.807) is 25.3 Å². The van der Waals surface area contributed by atoms with E-state index >= 15 is 0 Å². The topological polar surface area (TPSA) is 59.1 Å². The average Bonchev–Trinajstić information content (AvgIpc) is 2.72. The first-order valence-electron chi connectivity index (χ1n) is 9.44. The minimum atomic E-state index is -0.0652. The van der Waals surface area contributed by atoms with Crippen molar-refractivity contribution in [1.82, 2.24) is 9.80 Å². The third-order valence-corrected chi connectivity index (χ3v) is 5.43. The molecule has 1 aromatic rings. The molecule has 0 atom stereocenters.